The van der Waals surface area contributed by atoms with Gasteiger partial charge in [-0.2, -0.15) is 5.26 Å². The molecule has 0 radical (unpaired) electrons. The molecule has 0 fully saturated rings. The largest absolute Gasteiger partial charge is 0.357 e. The Labute approximate surface area is 83.6 Å². The summed E-state index contributed by atoms with van der Waals surface area (Å²) in [5.74, 6) is 0.630. The smallest absolute Gasteiger partial charge is 0.162 e. The fourth-order valence-corrected chi connectivity index (χ4v) is 0.908. The molecule has 0 N–H and O–H groups in total. The zero-order valence-corrected chi connectivity index (χ0v) is 8.53. The van der Waals surface area contributed by atoms with E-state index in [-0.39, 0.29) is 0 Å². The Kier molecular flexibility index (Phi) is 3.24. The summed E-state index contributed by atoms with van der Waals surface area (Å²) in [6.07, 6.45) is 0. The third kappa shape index (κ3) is 2.60. The van der Waals surface area contributed by atoms with E-state index in [9.17, 15) is 0 Å². The Bertz CT molecular complexity index is 398. The van der Waals surface area contributed by atoms with E-state index in [1.807, 2.05) is 26.8 Å². The van der Waals surface area contributed by atoms with Crippen LogP contribution in [0.5, 0.6) is 5.75 Å². The molecular formula is C11H12N2O. The van der Waals surface area contributed by atoms with Crippen molar-refractivity contribution in [2.75, 3.05) is 0 Å². The average molecular weight is 188 g/mol. The fraction of sp³-hybridized carbons (Fsp3) is 0.273. The molecule has 0 saturated heterocycles. The van der Waals surface area contributed by atoms with E-state index in [1.54, 1.807) is 12.1 Å². The van der Waals surface area contributed by atoms with Crippen LogP contribution in [0.15, 0.2) is 23.4 Å². The standard InChI is InChI=1S/C11H12N2O/c1-8(2)13-14-11-6-10(7-12)5-4-9(11)3/h4-6H,1-3H3. The Morgan fingerprint density at radius 2 is 2.14 bits per heavy atom. The second-order valence-corrected chi connectivity index (χ2v) is 3.22. The molecule has 3 nitrogen and oxygen atoms in total. The number of benzene rings is 1. The molecule has 0 spiro atoms. The van der Waals surface area contributed by atoms with Crippen molar-refractivity contribution in [1.82, 2.24) is 0 Å². The summed E-state index contributed by atoms with van der Waals surface area (Å²) in [4.78, 5) is 5.18. The molecule has 1 aromatic carbocycles. The first kappa shape index (κ1) is 10.3. The number of nitriles is 1. The molecule has 3 heteroatoms. The monoisotopic (exact) mass is 188 g/mol. The van der Waals surface area contributed by atoms with Gasteiger partial charge < -0.3 is 4.84 Å². The Morgan fingerprint density at radius 1 is 1.43 bits per heavy atom. The number of rotatable bonds is 2. The molecule has 0 aliphatic heterocycles. The molecule has 1 aromatic rings. The van der Waals surface area contributed by atoms with Crippen molar-refractivity contribution in [3.63, 3.8) is 0 Å². The molecule has 0 aromatic heterocycles. The second kappa shape index (κ2) is 4.43. The van der Waals surface area contributed by atoms with Gasteiger partial charge in [0.1, 0.15) is 0 Å². The highest BCUT2D eigenvalue weighted by Crippen LogP contribution is 2.19. The van der Waals surface area contributed by atoms with Crippen molar-refractivity contribution in [2.24, 2.45) is 5.16 Å². The van der Waals surface area contributed by atoms with Crippen LogP contribution in [0.2, 0.25) is 0 Å². The van der Waals surface area contributed by atoms with E-state index in [2.05, 4.69) is 11.2 Å². The van der Waals surface area contributed by atoms with Crippen LogP contribution in [0.3, 0.4) is 0 Å². The average Bonchev–Trinajstić information content (AvgIpc) is 2.16. The van der Waals surface area contributed by atoms with Crippen LogP contribution in [0.1, 0.15) is 25.0 Å². The maximum atomic E-state index is 8.69. The zero-order valence-electron chi connectivity index (χ0n) is 8.53. The van der Waals surface area contributed by atoms with Crippen molar-refractivity contribution in [3.8, 4) is 11.8 Å². The van der Waals surface area contributed by atoms with Gasteiger partial charge in [-0.15, -0.1) is 0 Å². The topological polar surface area (TPSA) is 45.4 Å². The first-order valence-electron chi connectivity index (χ1n) is 4.32. The lowest BCUT2D eigenvalue weighted by Gasteiger charge is -2.03. The van der Waals surface area contributed by atoms with Gasteiger partial charge in [0.25, 0.3) is 0 Å². The van der Waals surface area contributed by atoms with E-state index < -0.39 is 0 Å². The van der Waals surface area contributed by atoms with Crippen molar-refractivity contribution < 1.29 is 4.84 Å². The molecule has 0 heterocycles. The lowest BCUT2D eigenvalue weighted by atomic mass is 10.1. The van der Waals surface area contributed by atoms with Crippen LogP contribution in [0.25, 0.3) is 0 Å². The summed E-state index contributed by atoms with van der Waals surface area (Å²) >= 11 is 0. The first-order chi connectivity index (χ1) is 6.63. The molecule has 0 amide bonds. The van der Waals surface area contributed by atoms with Crippen LogP contribution in [-0.4, -0.2) is 5.71 Å². The summed E-state index contributed by atoms with van der Waals surface area (Å²) in [5, 5.41) is 12.5. The molecule has 0 unspecified atom stereocenters. The SMILES string of the molecule is CC(C)=NOc1cc(C#N)ccc1C. The summed E-state index contributed by atoms with van der Waals surface area (Å²) in [6.45, 7) is 5.62. The lowest BCUT2D eigenvalue weighted by molar-refractivity contribution is 0.338. The minimum absolute atomic E-state index is 0.578. The number of nitrogens with zero attached hydrogens (tertiary/aromatic N) is 2. The van der Waals surface area contributed by atoms with Gasteiger partial charge in [0, 0.05) is 6.07 Å². The Balaban J connectivity index is 2.96. The van der Waals surface area contributed by atoms with Gasteiger partial charge in [-0.05, 0) is 32.4 Å². The first-order valence-corrected chi connectivity index (χ1v) is 4.32. The van der Waals surface area contributed by atoms with Crippen molar-refractivity contribution in [1.29, 1.82) is 5.26 Å². The Hall–Kier alpha value is -1.82. The zero-order chi connectivity index (χ0) is 10.6. The van der Waals surface area contributed by atoms with E-state index in [1.165, 1.54) is 0 Å². The van der Waals surface area contributed by atoms with E-state index in [0.29, 0.717) is 11.3 Å². The highest BCUT2D eigenvalue weighted by molar-refractivity contribution is 5.78. The highest BCUT2D eigenvalue weighted by Gasteiger charge is 2.00. The summed E-state index contributed by atoms with van der Waals surface area (Å²) in [5.41, 5.74) is 2.38. The Morgan fingerprint density at radius 3 is 2.71 bits per heavy atom. The summed E-state index contributed by atoms with van der Waals surface area (Å²) in [6, 6.07) is 7.33. The van der Waals surface area contributed by atoms with Gasteiger partial charge in [-0.1, -0.05) is 11.2 Å². The van der Waals surface area contributed by atoms with Crippen molar-refractivity contribution >= 4 is 5.71 Å². The summed E-state index contributed by atoms with van der Waals surface area (Å²) < 4.78 is 0. The number of aryl methyl sites for hydroxylation is 1. The van der Waals surface area contributed by atoms with Gasteiger partial charge in [-0.25, -0.2) is 0 Å². The van der Waals surface area contributed by atoms with Gasteiger partial charge in [0.2, 0.25) is 0 Å². The summed E-state index contributed by atoms with van der Waals surface area (Å²) in [7, 11) is 0. The quantitative estimate of drug-likeness (QED) is 0.529. The number of oxime groups is 1. The molecule has 1 rings (SSSR count). The molecule has 72 valence electrons. The molecule has 0 atom stereocenters. The minimum atomic E-state index is 0.578. The van der Waals surface area contributed by atoms with Gasteiger partial charge in [0.05, 0.1) is 17.3 Å². The normalized spacial score (nSPS) is 9.00. The van der Waals surface area contributed by atoms with E-state index >= 15 is 0 Å². The van der Waals surface area contributed by atoms with Gasteiger partial charge in [0.15, 0.2) is 5.75 Å². The van der Waals surface area contributed by atoms with Crippen LogP contribution in [-0.2, 0) is 0 Å². The maximum absolute atomic E-state index is 8.69. The van der Waals surface area contributed by atoms with Crippen LogP contribution < -0.4 is 4.84 Å². The van der Waals surface area contributed by atoms with Crippen LogP contribution in [0.4, 0.5) is 0 Å². The van der Waals surface area contributed by atoms with Crippen molar-refractivity contribution in [3.05, 3.63) is 29.3 Å². The number of hydrogen-bond acceptors (Lipinski definition) is 3. The third-order valence-corrected chi connectivity index (χ3v) is 1.64. The predicted molar refractivity (Wildman–Crippen MR) is 55.3 cm³/mol. The molecule has 0 aliphatic rings. The van der Waals surface area contributed by atoms with Crippen LogP contribution in [0, 0.1) is 18.3 Å². The highest BCUT2D eigenvalue weighted by atomic mass is 16.6. The van der Waals surface area contributed by atoms with E-state index in [0.717, 1.165) is 11.3 Å². The van der Waals surface area contributed by atoms with Crippen LogP contribution >= 0.6 is 0 Å². The van der Waals surface area contributed by atoms with E-state index in [4.69, 9.17) is 10.1 Å². The fourth-order valence-electron chi connectivity index (χ4n) is 0.908. The third-order valence-electron chi connectivity index (χ3n) is 1.64. The minimum Gasteiger partial charge on any atom is -0.357 e. The molecule has 0 saturated carbocycles. The van der Waals surface area contributed by atoms with Gasteiger partial charge in [-0.3, -0.25) is 0 Å². The molecular weight excluding hydrogens is 176 g/mol. The maximum Gasteiger partial charge on any atom is 0.162 e. The molecule has 0 bridgehead atoms. The second-order valence-electron chi connectivity index (χ2n) is 3.22. The predicted octanol–water partition coefficient (Wildman–Crippen LogP) is 2.64. The molecule has 14 heavy (non-hydrogen) atoms. The number of hydrogen-bond donors (Lipinski definition) is 0. The van der Waals surface area contributed by atoms with Crippen molar-refractivity contribution in [2.45, 2.75) is 20.8 Å². The lowest BCUT2D eigenvalue weighted by Crippen LogP contribution is -1.91. The van der Waals surface area contributed by atoms with Gasteiger partial charge >= 0.3 is 0 Å². The molecule has 0 aliphatic carbocycles.